The van der Waals surface area contributed by atoms with Crippen molar-refractivity contribution in [1.82, 2.24) is 5.32 Å². The first-order valence-corrected chi connectivity index (χ1v) is 6.23. The molecular formula is C14H22N2O. The van der Waals surface area contributed by atoms with Crippen LogP contribution >= 0.6 is 0 Å². The molecule has 2 rings (SSSR count). The molecule has 17 heavy (non-hydrogen) atoms. The van der Waals surface area contributed by atoms with E-state index in [0.29, 0.717) is 0 Å². The summed E-state index contributed by atoms with van der Waals surface area (Å²) in [5, 5.41) is 3.59. The van der Waals surface area contributed by atoms with Crippen molar-refractivity contribution < 1.29 is 4.74 Å². The highest BCUT2D eigenvalue weighted by Crippen LogP contribution is 2.24. The second-order valence-corrected chi connectivity index (χ2v) is 5.15. The van der Waals surface area contributed by atoms with E-state index in [0.717, 1.165) is 18.8 Å². The molecule has 1 unspecified atom stereocenters. The molecule has 0 spiro atoms. The predicted molar refractivity (Wildman–Crippen MR) is 71.9 cm³/mol. The van der Waals surface area contributed by atoms with E-state index in [-0.39, 0.29) is 5.54 Å². The number of nitrogens with one attached hydrogen (secondary N) is 1. The van der Waals surface area contributed by atoms with Crippen LogP contribution in [0.1, 0.15) is 19.8 Å². The predicted octanol–water partition coefficient (Wildman–Crippen LogP) is 2.27. The molecule has 3 heteroatoms. The molecule has 0 amide bonds. The average molecular weight is 234 g/mol. The third-order valence-electron chi connectivity index (χ3n) is 3.54. The van der Waals surface area contributed by atoms with Crippen molar-refractivity contribution in [1.29, 1.82) is 0 Å². The van der Waals surface area contributed by atoms with Crippen LogP contribution in [0.2, 0.25) is 0 Å². The van der Waals surface area contributed by atoms with Crippen molar-refractivity contribution in [3.63, 3.8) is 0 Å². The minimum Gasteiger partial charge on any atom is -0.497 e. The highest BCUT2D eigenvalue weighted by Gasteiger charge is 2.29. The van der Waals surface area contributed by atoms with E-state index in [4.69, 9.17) is 4.74 Å². The molecule has 1 saturated heterocycles. The van der Waals surface area contributed by atoms with Gasteiger partial charge in [-0.2, -0.15) is 0 Å². The molecular weight excluding hydrogens is 212 g/mol. The van der Waals surface area contributed by atoms with E-state index in [1.165, 1.54) is 18.5 Å². The number of ether oxygens (including phenoxy) is 1. The van der Waals surface area contributed by atoms with Gasteiger partial charge in [-0.25, -0.2) is 0 Å². The first-order chi connectivity index (χ1) is 8.13. The van der Waals surface area contributed by atoms with Gasteiger partial charge in [0.1, 0.15) is 5.75 Å². The second-order valence-electron chi connectivity index (χ2n) is 5.15. The first kappa shape index (κ1) is 12.2. The molecule has 0 saturated carbocycles. The maximum atomic E-state index is 5.26. The van der Waals surface area contributed by atoms with Crippen LogP contribution in [-0.2, 0) is 0 Å². The number of rotatable bonds is 4. The maximum Gasteiger partial charge on any atom is 0.120 e. The molecule has 1 heterocycles. The zero-order chi connectivity index (χ0) is 12.3. The number of methoxy groups -OCH3 is 1. The Bertz CT molecular complexity index is 372. The molecule has 94 valence electrons. The Kier molecular flexibility index (Phi) is 3.57. The summed E-state index contributed by atoms with van der Waals surface area (Å²) in [6, 6.07) is 8.22. The van der Waals surface area contributed by atoms with Gasteiger partial charge in [0.2, 0.25) is 0 Å². The molecule has 0 bridgehead atoms. The van der Waals surface area contributed by atoms with E-state index in [2.05, 4.69) is 36.3 Å². The largest absolute Gasteiger partial charge is 0.497 e. The maximum absolute atomic E-state index is 5.26. The molecule has 1 atom stereocenters. The van der Waals surface area contributed by atoms with Crippen molar-refractivity contribution >= 4 is 5.69 Å². The van der Waals surface area contributed by atoms with Crippen molar-refractivity contribution in [2.24, 2.45) is 0 Å². The lowest BCUT2D eigenvalue weighted by molar-refractivity contribution is 0.411. The summed E-state index contributed by atoms with van der Waals surface area (Å²) in [6.07, 6.45) is 2.53. The fraction of sp³-hybridized carbons (Fsp3) is 0.571. The van der Waals surface area contributed by atoms with Crippen molar-refractivity contribution in [3.05, 3.63) is 24.3 Å². The minimum atomic E-state index is 0.248. The lowest BCUT2D eigenvalue weighted by Crippen LogP contribution is -2.46. The Morgan fingerprint density at radius 1 is 1.47 bits per heavy atom. The molecule has 1 N–H and O–H groups in total. The highest BCUT2D eigenvalue weighted by atomic mass is 16.5. The van der Waals surface area contributed by atoms with Gasteiger partial charge in [-0.1, -0.05) is 6.07 Å². The Balaban J connectivity index is 2.05. The lowest BCUT2D eigenvalue weighted by atomic mass is 9.99. The van der Waals surface area contributed by atoms with Crippen LogP contribution in [0.25, 0.3) is 0 Å². The number of nitrogens with zero attached hydrogens (tertiary/aromatic N) is 1. The van der Waals surface area contributed by atoms with E-state index < -0.39 is 0 Å². The van der Waals surface area contributed by atoms with E-state index in [1.54, 1.807) is 7.11 Å². The van der Waals surface area contributed by atoms with Crippen LogP contribution in [-0.4, -0.2) is 32.8 Å². The average Bonchev–Trinajstić information content (AvgIpc) is 2.76. The topological polar surface area (TPSA) is 24.5 Å². The minimum absolute atomic E-state index is 0.248. The van der Waals surface area contributed by atoms with E-state index >= 15 is 0 Å². The molecule has 0 radical (unpaired) electrons. The third-order valence-corrected chi connectivity index (χ3v) is 3.54. The quantitative estimate of drug-likeness (QED) is 0.865. The smallest absolute Gasteiger partial charge is 0.120 e. The number of anilines is 1. The Hall–Kier alpha value is -1.22. The Morgan fingerprint density at radius 3 is 2.94 bits per heavy atom. The van der Waals surface area contributed by atoms with Gasteiger partial charge in [-0.05, 0) is 38.4 Å². The van der Waals surface area contributed by atoms with Gasteiger partial charge in [-0.15, -0.1) is 0 Å². The summed E-state index contributed by atoms with van der Waals surface area (Å²) in [7, 11) is 3.85. The number of likely N-dealkylation sites (N-methyl/N-ethyl adjacent to an activating group) is 1. The molecule has 3 nitrogen and oxygen atoms in total. The zero-order valence-electron chi connectivity index (χ0n) is 11.0. The number of benzene rings is 1. The lowest BCUT2D eigenvalue weighted by Gasteiger charge is -2.31. The summed E-state index contributed by atoms with van der Waals surface area (Å²) < 4.78 is 5.26. The summed E-state index contributed by atoms with van der Waals surface area (Å²) >= 11 is 0. The normalized spacial score (nSPS) is 23.7. The summed E-state index contributed by atoms with van der Waals surface area (Å²) in [4.78, 5) is 2.29. The summed E-state index contributed by atoms with van der Waals surface area (Å²) in [5.41, 5.74) is 1.46. The van der Waals surface area contributed by atoms with E-state index in [9.17, 15) is 0 Å². The SMILES string of the molecule is COc1cccc(N(C)CC2(C)CCCN2)c1. The van der Waals surface area contributed by atoms with Crippen molar-refractivity contribution in [2.75, 3.05) is 32.1 Å². The fourth-order valence-corrected chi connectivity index (χ4v) is 2.55. The van der Waals surface area contributed by atoms with Crippen LogP contribution < -0.4 is 15.0 Å². The molecule has 1 aliphatic rings. The molecule has 1 aromatic rings. The van der Waals surface area contributed by atoms with Crippen LogP contribution in [0.3, 0.4) is 0 Å². The van der Waals surface area contributed by atoms with Crippen LogP contribution in [0, 0.1) is 0 Å². The summed E-state index contributed by atoms with van der Waals surface area (Å²) in [6.45, 7) is 4.47. The second kappa shape index (κ2) is 4.96. The standard InChI is InChI=1S/C14H22N2O/c1-14(8-5-9-15-14)11-16(2)12-6-4-7-13(10-12)17-3/h4,6-7,10,15H,5,8-9,11H2,1-3H3. The highest BCUT2D eigenvalue weighted by molar-refractivity contribution is 5.50. The van der Waals surface area contributed by atoms with Crippen molar-refractivity contribution in [2.45, 2.75) is 25.3 Å². The van der Waals surface area contributed by atoms with Crippen LogP contribution in [0.5, 0.6) is 5.75 Å². The fourth-order valence-electron chi connectivity index (χ4n) is 2.55. The van der Waals surface area contributed by atoms with E-state index in [1.807, 2.05) is 12.1 Å². The Morgan fingerprint density at radius 2 is 2.29 bits per heavy atom. The summed E-state index contributed by atoms with van der Waals surface area (Å²) in [5.74, 6) is 0.916. The van der Waals surface area contributed by atoms with Gasteiger partial charge in [0, 0.05) is 30.9 Å². The monoisotopic (exact) mass is 234 g/mol. The van der Waals surface area contributed by atoms with Gasteiger partial charge < -0.3 is 15.0 Å². The van der Waals surface area contributed by atoms with Crippen LogP contribution in [0.15, 0.2) is 24.3 Å². The van der Waals surface area contributed by atoms with Gasteiger partial charge in [-0.3, -0.25) is 0 Å². The number of hydrogen-bond donors (Lipinski definition) is 1. The third kappa shape index (κ3) is 2.91. The van der Waals surface area contributed by atoms with Crippen molar-refractivity contribution in [3.8, 4) is 5.75 Å². The molecule has 1 aliphatic heterocycles. The Labute approximate surface area is 104 Å². The molecule has 1 aromatic carbocycles. The molecule has 1 fully saturated rings. The molecule has 0 aliphatic carbocycles. The van der Waals surface area contributed by atoms with Crippen LogP contribution in [0.4, 0.5) is 5.69 Å². The van der Waals surface area contributed by atoms with Gasteiger partial charge in [0.15, 0.2) is 0 Å². The zero-order valence-corrected chi connectivity index (χ0v) is 11.0. The first-order valence-electron chi connectivity index (χ1n) is 6.23. The number of hydrogen-bond acceptors (Lipinski definition) is 3. The van der Waals surface area contributed by atoms with Gasteiger partial charge in [0.05, 0.1) is 7.11 Å². The molecule has 0 aromatic heterocycles. The van der Waals surface area contributed by atoms with Gasteiger partial charge in [0.25, 0.3) is 0 Å². The van der Waals surface area contributed by atoms with Gasteiger partial charge >= 0.3 is 0 Å².